The number of aliphatic carboxylic acids is 4. The fourth-order valence-corrected chi connectivity index (χ4v) is 11.1. The monoisotopic (exact) mass is 1030 g/mol. The number of sulfonamides is 1. The summed E-state index contributed by atoms with van der Waals surface area (Å²) >= 11 is 0.754. The zero-order valence-electron chi connectivity index (χ0n) is 37.2. The molecule has 5 aromatic rings. The van der Waals surface area contributed by atoms with Crippen LogP contribution in [0.5, 0.6) is 17.2 Å². The van der Waals surface area contributed by atoms with Crippen molar-refractivity contribution in [2.45, 2.75) is 62.9 Å². The average molecular weight is 1030 g/mol. The highest BCUT2D eigenvalue weighted by Crippen LogP contribution is 2.44. The molecule has 0 aliphatic carbocycles. The van der Waals surface area contributed by atoms with Gasteiger partial charge in [0.2, 0.25) is 0 Å². The first-order valence-corrected chi connectivity index (χ1v) is 24.7. The highest BCUT2D eigenvalue weighted by atomic mass is 32.2. The molecule has 3 atom stereocenters. The highest BCUT2D eigenvalue weighted by molar-refractivity contribution is 7.92. The van der Waals surface area contributed by atoms with Crippen LogP contribution in [0.4, 0.5) is 4.39 Å². The number of ether oxygens (including phenoxy) is 2. The summed E-state index contributed by atoms with van der Waals surface area (Å²) in [5, 5.41) is 51.8. The number of carbonyl (C=O) groups is 6. The van der Waals surface area contributed by atoms with Crippen molar-refractivity contribution in [3.8, 4) is 23.3 Å². The number of thiophene rings is 1. The van der Waals surface area contributed by atoms with Crippen molar-refractivity contribution in [1.29, 1.82) is 5.26 Å². The number of hydrogen-bond donors (Lipinski definition) is 8. The summed E-state index contributed by atoms with van der Waals surface area (Å²) in [6, 6.07) is 15.2. The molecule has 0 fully saturated rings. The molecule has 2 amide bonds. The first kappa shape index (κ1) is 53.5. The third-order valence-corrected chi connectivity index (χ3v) is 14.6. The largest absolute Gasteiger partial charge is 0.485 e. The molecule has 1 heterocycles. The summed E-state index contributed by atoms with van der Waals surface area (Å²) in [4.78, 5) is 82.5. The van der Waals surface area contributed by atoms with Gasteiger partial charge in [0.1, 0.15) is 40.3 Å². The maximum Gasteiger partial charge on any atom is 0.391 e. The lowest BCUT2D eigenvalue weighted by Gasteiger charge is -2.21. The lowest BCUT2D eigenvalue weighted by Crippen LogP contribution is -2.34. The first-order chi connectivity index (χ1) is 32.8. The topological polar surface area (TPSA) is 342 Å². The minimum atomic E-state index is -4.80. The van der Waals surface area contributed by atoms with Gasteiger partial charge in [-0.15, -0.1) is 11.3 Å². The molecule has 370 valence electrons. The molecule has 0 bridgehead atoms. The summed E-state index contributed by atoms with van der Waals surface area (Å²) < 4.78 is 73.8. The van der Waals surface area contributed by atoms with Crippen molar-refractivity contribution in [2.75, 3.05) is 19.4 Å². The van der Waals surface area contributed by atoms with Crippen LogP contribution in [0.2, 0.25) is 0 Å². The van der Waals surface area contributed by atoms with Crippen LogP contribution < -0.4 is 29.4 Å². The van der Waals surface area contributed by atoms with Crippen LogP contribution in [0.1, 0.15) is 67.9 Å². The number of fused-ring (bicyclic) bond motifs is 1. The van der Waals surface area contributed by atoms with Crippen LogP contribution in [0.25, 0.3) is 10.1 Å². The van der Waals surface area contributed by atoms with Gasteiger partial charge < -0.3 is 50.0 Å². The van der Waals surface area contributed by atoms with E-state index in [9.17, 15) is 71.5 Å². The molecule has 5 rings (SSSR count). The van der Waals surface area contributed by atoms with E-state index < -0.39 is 109 Å². The van der Waals surface area contributed by atoms with Crippen molar-refractivity contribution < 1.29 is 85.5 Å². The summed E-state index contributed by atoms with van der Waals surface area (Å²) in [6.45, 7) is 4.29. The number of hydrogen-bond acceptors (Lipinski definition) is 14. The first-order valence-electron chi connectivity index (χ1n) is 20.6. The molecule has 0 saturated carbocycles. The highest BCUT2D eigenvalue weighted by Gasteiger charge is 2.30. The Hall–Kier alpha value is -7.42. The molecule has 3 unspecified atom stereocenters. The van der Waals surface area contributed by atoms with E-state index in [-0.39, 0.29) is 73.3 Å². The normalized spacial score (nSPS) is 13.0. The van der Waals surface area contributed by atoms with Crippen LogP contribution in [0.15, 0.2) is 70.9 Å². The lowest BCUT2D eigenvalue weighted by molar-refractivity contribution is -0.137. The molecule has 0 saturated heterocycles. The molecule has 70 heavy (non-hydrogen) atoms. The van der Waals surface area contributed by atoms with E-state index in [2.05, 4.69) is 10.6 Å². The number of nitrogens with one attached hydrogen (secondary N) is 3. The molecule has 0 spiro atoms. The minimum Gasteiger partial charge on any atom is -0.485 e. The number of rotatable bonds is 24. The molecular weight excluding hydrogens is 983 g/mol. The molecular formula is C45H44FN4O17PS2. The predicted molar refractivity (Wildman–Crippen MR) is 246 cm³/mol. The summed E-state index contributed by atoms with van der Waals surface area (Å²) in [7, 11) is -9.35. The van der Waals surface area contributed by atoms with Crippen LogP contribution in [-0.4, -0.2) is 101 Å². The van der Waals surface area contributed by atoms with Crippen molar-refractivity contribution in [1.82, 2.24) is 15.4 Å². The van der Waals surface area contributed by atoms with E-state index in [1.807, 2.05) is 4.72 Å². The Kier molecular flexibility index (Phi) is 17.4. The number of nitrogens with zero attached hydrogens (tertiary/aromatic N) is 1. The van der Waals surface area contributed by atoms with Gasteiger partial charge in [-0.25, -0.2) is 17.4 Å². The summed E-state index contributed by atoms with van der Waals surface area (Å²) in [5.74, 6) is -7.58. The number of carbonyl (C=O) groups excluding carboxylic acids is 2. The third-order valence-electron chi connectivity index (χ3n) is 10.0. The number of aryl methyl sites for hydroxylation is 1. The number of benzene rings is 4. The Balaban J connectivity index is 1.39. The lowest BCUT2D eigenvalue weighted by atomic mass is 9.98. The zero-order chi connectivity index (χ0) is 51.7. The van der Waals surface area contributed by atoms with Gasteiger partial charge in [0.15, 0.2) is 11.5 Å². The van der Waals surface area contributed by atoms with E-state index in [0.717, 1.165) is 23.5 Å². The van der Waals surface area contributed by atoms with Crippen molar-refractivity contribution in [3.63, 3.8) is 0 Å². The number of carboxylic acid groups (broad SMARTS) is 4. The van der Waals surface area contributed by atoms with Crippen LogP contribution >= 0.6 is 18.9 Å². The average Bonchev–Trinajstić information content (AvgIpc) is 3.59. The second-order valence-electron chi connectivity index (χ2n) is 15.6. The number of nitriles is 1. The molecule has 4 aromatic carbocycles. The maximum absolute atomic E-state index is 14.1. The van der Waals surface area contributed by atoms with Crippen molar-refractivity contribution in [3.05, 3.63) is 117 Å². The zero-order valence-corrected chi connectivity index (χ0v) is 39.7. The second kappa shape index (κ2) is 22.8. The number of carboxylic acids is 4. The van der Waals surface area contributed by atoms with Crippen molar-refractivity contribution in [2.24, 2.45) is 0 Å². The Morgan fingerprint density at radius 3 is 1.66 bits per heavy atom. The Bertz CT molecular complexity index is 3100. The van der Waals surface area contributed by atoms with Gasteiger partial charge in [-0.1, -0.05) is 12.1 Å². The molecule has 21 nitrogen and oxygen atoms in total. The predicted octanol–water partition coefficient (Wildman–Crippen LogP) is 4.62. The summed E-state index contributed by atoms with van der Waals surface area (Å²) in [5.41, 5.74) is 0.585. The molecule has 1 aromatic heterocycles. The van der Waals surface area contributed by atoms with Gasteiger partial charge >= 0.3 is 31.5 Å². The van der Waals surface area contributed by atoms with E-state index >= 15 is 0 Å². The fraction of sp³-hybridized carbons (Fsp3) is 0.267. The number of amides is 2. The third kappa shape index (κ3) is 14.5. The Morgan fingerprint density at radius 1 is 0.729 bits per heavy atom. The quantitative estimate of drug-likeness (QED) is 0.0391. The SMILES string of the molecule is Cc1c(S(=O)(=O)NCP(=O)(O)Oc2ccc(C#N)c(F)c2)sc2cc(OC(C)CNC(=O)c3ccc(CC(=O)O)c(CC(=O)O)c3)c(OC(C)CNC(=O)c3ccc(CC(=O)O)c(CC(=O)O)c3)cc12. The van der Waals surface area contributed by atoms with Crippen LogP contribution in [0, 0.1) is 24.1 Å². The van der Waals surface area contributed by atoms with Crippen LogP contribution in [0.3, 0.4) is 0 Å². The smallest absolute Gasteiger partial charge is 0.391 e. The summed E-state index contributed by atoms with van der Waals surface area (Å²) in [6.07, 6.45) is -4.83. The van der Waals surface area contributed by atoms with E-state index in [1.165, 1.54) is 55.5 Å². The van der Waals surface area contributed by atoms with Gasteiger partial charge in [0.05, 0.1) is 44.3 Å². The standard InChI is InChI=1S/C45H44FN4O17PS2/c1-23(20-48-43(59)28-6-4-26(12-39(51)52)31(10-28)14-41(55)56)65-36-17-34-25(3)45(70(63,64)50-22-68(61,62)67-33-9-8-30(19-47)35(46)16-33)69-38(34)18-37(36)66-24(2)21-49-44(60)29-7-5-27(13-40(53)54)32(11-29)15-42(57)58/h4-11,16-18,23-24,50H,12-15,20-22H2,1-3H3,(H,48,59)(H,49,60)(H,51,52)(H,53,54)(H,55,56)(H,57,58)(H,61,62). The van der Waals surface area contributed by atoms with E-state index in [0.29, 0.717) is 16.2 Å². The van der Waals surface area contributed by atoms with Gasteiger partial charge in [-0.3, -0.25) is 28.8 Å². The van der Waals surface area contributed by atoms with Gasteiger partial charge in [-0.2, -0.15) is 9.98 Å². The molecule has 0 aliphatic heterocycles. The molecule has 0 radical (unpaired) electrons. The molecule has 8 N–H and O–H groups in total. The maximum atomic E-state index is 14.1. The van der Waals surface area contributed by atoms with E-state index in [1.54, 1.807) is 19.9 Å². The van der Waals surface area contributed by atoms with Gasteiger partial charge in [-0.05, 0) is 91.1 Å². The van der Waals surface area contributed by atoms with Crippen LogP contribution in [-0.2, 0) is 59.4 Å². The number of halogens is 1. The van der Waals surface area contributed by atoms with E-state index in [4.69, 9.17) is 19.3 Å². The Morgan fingerprint density at radius 2 is 1.20 bits per heavy atom. The van der Waals surface area contributed by atoms with Gasteiger partial charge in [0, 0.05) is 33.3 Å². The minimum absolute atomic E-state index is 0.0299. The molecule has 0 aliphatic rings. The second-order valence-corrected chi connectivity index (χ2v) is 20.4. The fourth-order valence-electron chi connectivity index (χ4n) is 6.77. The van der Waals surface area contributed by atoms with Crippen molar-refractivity contribution >= 4 is 74.7 Å². The van der Waals surface area contributed by atoms with Gasteiger partial charge in [0.25, 0.3) is 21.8 Å². The Labute approximate surface area is 402 Å². The molecule has 25 heteroatoms.